The Morgan fingerprint density at radius 2 is 2.15 bits per heavy atom. The van der Waals surface area contributed by atoms with Crippen molar-refractivity contribution < 1.29 is 9.53 Å². The average Bonchev–Trinajstić information content (AvgIpc) is 3.16. The van der Waals surface area contributed by atoms with Gasteiger partial charge in [-0.2, -0.15) is 0 Å². The van der Waals surface area contributed by atoms with Crippen molar-refractivity contribution in [3.63, 3.8) is 0 Å². The summed E-state index contributed by atoms with van der Waals surface area (Å²) in [7, 11) is 1.98. The summed E-state index contributed by atoms with van der Waals surface area (Å²) in [5.74, 6) is 1.07. The van der Waals surface area contributed by atoms with E-state index in [1.807, 2.05) is 55.1 Å². The summed E-state index contributed by atoms with van der Waals surface area (Å²) in [5.41, 5.74) is 2.06. The van der Waals surface area contributed by atoms with Crippen LogP contribution in [-0.2, 0) is 16.6 Å². The van der Waals surface area contributed by atoms with E-state index in [1.54, 1.807) is 0 Å². The average molecular weight is 270 g/mol. The van der Waals surface area contributed by atoms with Gasteiger partial charge in [-0.05, 0) is 13.3 Å². The number of esters is 1. The molecule has 1 heterocycles. The highest BCUT2D eigenvalue weighted by atomic mass is 16.5. The van der Waals surface area contributed by atoms with Crippen LogP contribution in [0.1, 0.15) is 25.1 Å². The Bertz CT molecular complexity index is 619. The van der Waals surface area contributed by atoms with Crippen molar-refractivity contribution in [2.24, 2.45) is 13.0 Å². The highest BCUT2D eigenvalue weighted by molar-refractivity contribution is 5.77. The number of rotatable bonds is 4. The van der Waals surface area contributed by atoms with E-state index < -0.39 is 0 Å². The zero-order chi connectivity index (χ0) is 14.1. The number of ether oxygens (including phenoxy) is 1. The Kier molecular flexibility index (Phi) is 3.30. The zero-order valence-electron chi connectivity index (χ0n) is 11.7. The molecule has 2 atom stereocenters. The lowest BCUT2D eigenvalue weighted by molar-refractivity contribution is -0.144. The number of imidazole rings is 1. The quantitative estimate of drug-likeness (QED) is 0.802. The highest BCUT2D eigenvalue weighted by Crippen LogP contribution is 2.47. The van der Waals surface area contributed by atoms with E-state index >= 15 is 0 Å². The van der Waals surface area contributed by atoms with Crippen LogP contribution >= 0.6 is 0 Å². The fourth-order valence-corrected chi connectivity index (χ4v) is 2.56. The Morgan fingerprint density at radius 1 is 1.40 bits per heavy atom. The predicted octanol–water partition coefficient (Wildman–Crippen LogP) is 2.75. The van der Waals surface area contributed by atoms with E-state index in [1.165, 1.54) is 0 Å². The molecule has 1 aliphatic rings. The first-order valence-electron chi connectivity index (χ1n) is 6.96. The van der Waals surface area contributed by atoms with Gasteiger partial charge in [0.2, 0.25) is 0 Å². The molecule has 1 fully saturated rings. The Morgan fingerprint density at radius 3 is 2.85 bits per heavy atom. The van der Waals surface area contributed by atoms with Gasteiger partial charge in [0.15, 0.2) is 0 Å². The molecule has 0 radical (unpaired) electrons. The molecule has 0 amide bonds. The molecule has 3 rings (SSSR count). The number of carbonyl (C=O) groups is 1. The Balaban J connectivity index is 1.80. The van der Waals surface area contributed by atoms with Gasteiger partial charge in [0.1, 0.15) is 5.82 Å². The van der Waals surface area contributed by atoms with E-state index in [0.717, 1.165) is 23.5 Å². The van der Waals surface area contributed by atoms with Crippen LogP contribution in [0.5, 0.6) is 0 Å². The Labute approximate surface area is 118 Å². The van der Waals surface area contributed by atoms with Gasteiger partial charge < -0.3 is 9.30 Å². The SMILES string of the molecule is CCOC(=O)C1CC1c1nc(-c2ccccc2)cn1C. The van der Waals surface area contributed by atoms with Crippen LogP contribution in [0.3, 0.4) is 0 Å². The van der Waals surface area contributed by atoms with Crippen LogP contribution in [0, 0.1) is 5.92 Å². The third-order valence-electron chi connectivity index (χ3n) is 3.69. The molecule has 0 spiro atoms. The summed E-state index contributed by atoms with van der Waals surface area (Å²) < 4.78 is 7.09. The van der Waals surface area contributed by atoms with Crippen molar-refractivity contribution in [1.29, 1.82) is 0 Å². The molecule has 4 nitrogen and oxygen atoms in total. The second-order valence-electron chi connectivity index (χ2n) is 5.16. The van der Waals surface area contributed by atoms with Crippen LogP contribution in [0.25, 0.3) is 11.3 Å². The molecule has 20 heavy (non-hydrogen) atoms. The van der Waals surface area contributed by atoms with Gasteiger partial charge >= 0.3 is 5.97 Å². The van der Waals surface area contributed by atoms with Crippen LogP contribution in [0.2, 0.25) is 0 Å². The molecule has 1 saturated carbocycles. The number of benzene rings is 1. The number of hydrogen-bond donors (Lipinski definition) is 0. The minimum Gasteiger partial charge on any atom is -0.466 e. The molecule has 1 aromatic heterocycles. The van der Waals surface area contributed by atoms with Gasteiger partial charge in [-0.1, -0.05) is 30.3 Å². The van der Waals surface area contributed by atoms with Crippen LogP contribution in [0.4, 0.5) is 0 Å². The highest BCUT2D eigenvalue weighted by Gasteiger charge is 2.47. The third-order valence-corrected chi connectivity index (χ3v) is 3.69. The largest absolute Gasteiger partial charge is 0.466 e. The number of hydrogen-bond acceptors (Lipinski definition) is 3. The lowest BCUT2D eigenvalue weighted by Crippen LogP contribution is -2.08. The van der Waals surface area contributed by atoms with Crippen molar-refractivity contribution >= 4 is 5.97 Å². The predicted molar refractivity (Wildman–Crippen MR) is 76.1 cm³/mol. The summed E-state index contributed by atoms with van der Waals surface area (Å²) in [6, 6.07) is 10.1. The Hall–Kier alpha value is -2.10. The maximum absolute atomic E-state index is 11.7. The van der Waals surface area contributed by atoms with E-state index in [4.69, 9.17) is 4.74 Å². The lowest BCUT2D eigenvalue weighted by atomic mass is 10.2. The molecule has 0 bridgehead atoms. The summed E-state index contributed by atoms with van der Waals surface area (Å²) in [5, 5.41) is 0. The lowest BCUT2D eigenvalue weighted by Gasteiger charge is -2.01. The molecule has 2 unspecified atom stereocenters. The van der Waals surface area contributed by atoms with Gasteiger partial charge in [-0.25, -0.2) is 4.98 Å². The first-order chi connectivity index (χ1) is 9.70. The van der Waals surface area contributed by atoms with Gasteiger partial charge in [-0.15, -0.1) is 0 Å². The minimum atomic E-state index is -0.0956. The number of carbonyl (C=O) groups excluding carboxylic acids is 1. The monoisotopic (exact) mass is 270 g/mol. The van der Waals surface area contributed by atoms with Gasteiger partial charge in [0.25, 0.3) is 0 Å². The maximum atomic E-state index is 11.7. The minimum absolute atomic E-state index is 0.0142. The molecule has 0 saturated heterocycles. The van der Waals surface area contributed by atoms with E-state index in [-0.39, 0.29) is 17.8 Å². The number of aryl methyl sites for hydroxylation is 1. The maximum Gasteiger partial charge on any atom is 0.309 e. The summed E-state index contributed by atoms with van der Waals surface area (Å²) in [6.45, 7) is 2.28. The molecule has 2 aromatic rings. The fourth-order valence-electron chi connectivity index (χ4n) is 2.56. The zero-order valence-corrected chi connectivity index (χ0v) is 11.7. The molecule has 1 aliphatic carbocycles. The summed E-state index contributed by atoms with van der Waals surface area (Å²) in [4.78, 5) is 16.4. The summed E-state index contributed by atoms with van der Waals surface area (Å²) in [6.07, 6.45) is 2.86. The molecule has 0 aliphatic heterocycles. The van der Waals surface area contributed by atoms with Crippen LogP contribution < -0.4 is 0 Å². The fraction of sp³-hybridized carbons (Fsp3) is 0.375. The topological polar surface area (TPSA) is 44.1 Å². The van der Waals surface area contributed by atoms with Crippen molar-refractivity contribution in [3.8, 4) is 11.3 Å². The molecule has 1 aromatic carbocycles. The van der Waals surface area contributed by atoms with Crippen molar-refractivity contribution in [1.82, 2.24) is 9.55 Å². The second kappa shape index (κ2) is 5.12. The van der Waals surface area contributed by atoms with Gasteiger partial charge in [0, 0.05) is 24.7 Å². The third kappa shape index (κ3) is 2.33. The number of nitrogens with zero attached hydrogens (tertiary/aromatic N) is 2. The van der Waals surface area contributed by atoms with Crippen LogP contribution in [-0.4, -0.2) is 22.1 Å². The molecule has 0 N–H and O–H groups in total. The molecule has 4 heteroatoms. The smallest absolute Gasteiger partial charge is 0.309 e. The van der Waals surface area contributed by atoms with Crippen molar-refractivity contribution in [3.05, 3.63) is 42.4 Å². The van der Waals surface area contributed by atoms with Gasteiger partial charge in [-0.3, -0.25) is 4.79 Å². The molecular formula is C16H18N2O2. The van der Waals surface area contributed by atoms with Crippen molar-refractivity contribution in [2.75, 3.05) is 6.61 Å². The van der Waals surface area contributed by atoms with E-state index in [0.29, 0.717) is 6.61 Å². The van der Waals surface area contributed by atoms with Crippen LogP contribution in [0.15, 0.2) is 36.5 Å². The first-order valence-corrected chi connectivity index (χ1v) is 6.96. The molecular weight excluding hydrogens is 252 g/mol. The second-order valence-corrected chi connectivity index (χ2v) is 5.16. The van der Waals surface area contributed by atoms with Gasteiger partial charge in [0.05, 0.1) is 18.2 Å². The van der Waals surface area contributed by atoms with Crippen molar-refractivity contribution in [2.45, 2.75) is 19.3 Å². The first kappa shape index (κ1) is 12.9. The normalized spacial score (nSPS) is 20.7. The number of aromatic nitrogens is 2. The summed E-state index contributed by atoms with van der Waals surface area (Å²) >= 11 is 0. The van der Waals surface area contributed by atoms with E-state index in [2.05, 4.69) is 4.98 Å². The standard InChI is InChI=1S/C16H18N2O2/c1-3-20-16(19)13-9-12(13)15-17-14(10-18(15)2)11-7-5-4-6-8-11/h4-8,10,12-13H,3,9H2,1-2H3. The van der Waals surface area contributed by atoms with E-state index in [9.17, 15) is 4.79 Å². The molecule has 104 valence electrons.